The van der Waals surface area contributed by atoms with Crippen molar-refractivity contribution in [1.82, 2.24) is 4.90 Å². The van der Waals surface area contributed by atoms with E-state index >= 15 is 0 Å². The molecular formula is C15H21NO. The summed E-state index contributed by atoms with van der Waals surface area (Å²) >= 11 is 0. The summed E-state index contributed by atoms with van der Waals surface area (Å²) in [5.74, 6) is 0.923. The van der Waals surface area contributed by atoms with Crippen LogP contribution in [-0.2, 0) is 6.54 Å². The van der Waals surface area contributed by atoms with Gasteiger partial charge in [-0.05, 0) is 43.6 Å². The molecule has 2 rings (SSSR count). The number of likely N-dealkylation sites (tertiary alicyclic amines) is 1. The Hall–Kier alpha value is -1.28. The largest absolute Gasteiger partial charge is 0.490 e. The zero-order valence-electron chi connectivity index (χ0n) is 10.4. The normalized spacial score (nSPS) is 16.7. The van der Waals surface area contributed by atoms with Gasteiger partial charge < -0.3 is 4.74 Å². The molecule has 0 N–H and O–H groups in total. The third-order valence-electron chi connectivity index (χ3n) is 3.15. The van der Waals surface area contributed by atoms with Crippen LogP contribution < -0.4 is 4.74 Å². The van der Waals surface area contributed by atoms with Gasteiger partial charge in [0.1, 0.15) is 12.4 Å². The van der Waals surface area contributed by atoms with E-state index in [1.807, 2.05) is 12.1 Å². The Labute approximate surface area is 104 Å². The Balaban J connectivity index is 1.86. The summed E-state index contributed by atoms with van der Waals surface area (Å²) in [5.41, 5.74) is 1.37. The van der Waals surface area contributed by atoms with Gasteiger partial charge in [-0.25, -0.2) is 0 Å². The van der Waals surface area contributed by atoms with E-state index in [9.17, 15) is 0 Å². The van der Waals surface area contributed by atoms with Crippen molar-refractivity contribution in [3.63, 3.8) is 0 Å². The minimum atomic E-state index is 0.575. The van der Waals surface area contributed by atoms with Crippen molar-refractivity contribution in [2.75, 3.05) is 19.7 Å². The van der Waals surface area contributed by atoms with Crippen molar-refractivity contribution in [2.24, 2.45) is 0 Å². The summed E-state index contributed by atoms with van der Waals surface area (Å²) in [5, 5.41) is 0. The topological polar surface area (TPSA) is 12.5 Å². The average molecular weight is 231 g/mol. The second-order valence-electron chi connectivity index (χ2n) is 4.58. The van der Waals surface area contributed by atoms with Gasteiger partial charge in [0.25, 0.3) is 0 Å². The number of piperidine rings is 1. The fourth-order valence-electron chi connectivity index (χ4n) is 2.22. The highest BCUT2D eigenvalue weighted by Gasteiger charge is 2.09. The average Bonchev–Trinajstić information content (AvgIpc) is 2.39. The third-order valence-corrected chi connectivity index (χ3v) is 3.15. The third kappa shape index (κ3) is 3.90. The molecular weight excluding hydrogens is 210 g/mol. The minimum Gasteiger partial charge on any atom is -0.490 e. The first-order valence-electron chi connectivity index (χ1n) is 6.43. The van der Waals surface area contributed by atoms with Crippen LogP contribution in [0, 0.1) is 0 Å². The summed E-state index contributed by atoms with van der Waals surface area (Å²) in [6, 6.07) is 8.41. The Kier molecular flexibility index (Phi) is 4.63. The summed E-state index contributed by atoms with van der Waals surface area (Å²) in [6.07, 6.45) is 5.85. The van der Waals surface area contributed by atoms with Gasteiger partial charge in [0.05, 0.1) is 0 Å². The van der Waals surface area contributed by atoms with E-state index in [0.29, 0.717) is 6.61 Å². The van der Waals surface area contributed by atoms with E-state index in [1.54, 1.807) is 6.08 Å². The Morgan fingerprint density at radius 1 is 1.12 bits per heavy atom. The van der Waals surface area contributed by atoms with Crippen LogP contribution in [0.5, 0.6) is 5.75 Å². The molecule has 1 aromatic rings. The molecule has 2 heteroatoms. The van der Waals surface area contributed by atoms with Gasteiger partial charge in [0, 0.05) is 6.54 Å². The van der Waals surface area contributed by atoms with Crippen molar-refractivity contribution >= 4 is 0 Å². The van der Waals surface area contributed by atoms with Crippen LogP contribution >= 0.6 is 0 Å². The summed E-state index contributed by atoms with van der Waals surface area (Å²) in [7, 11) is 0. The van der Waals surface area contributed by atoms with E-state index in [-0.39, 0.29) is 0 Å². The molecule has 1 aliphatic rings. The Bertz CT molecular complexity index is 338. The maximum Gasteiger partial charge on any atom is 0.119 e. The van der Waals surface area contributed by atoms with Gasteiger partial charge >= 0.3 is 0 Å². The van der Waals surface area contributed by atoms with Gasteiger partial charge in [-0.2, -0.15) is 0 Å². The zero-order valence-corrected chi connectivity index (χ0v) is 10.4. The maximum absolute atomic E-state index is 5.47. The van der Waals surface area contributed by atoms with Crippen LogP contribution in [0.4, 0.5) is 0 Å². The quantitative estimate of drug-likeness (QED) is 0.721. The molecule has 0 saturated carbocycles. The Morgan fingerprint density at radius 2 is 1.82 bits per heavy atom. The van der Waals surface area contributed by atoms with Crippen molar-refractivity contribution < 1.29 is 4.74 Å². The first kappa shape index (κ1) is 12.2. The second-order valence-corrected chi connectivity index (χ2v) is 4.58. The minimum absolute atomic E-state index is 0.575. The fourth-order valence-corrected chi connectivity index (χ4v) is 2.22. The van der Waals surface area contributed by atoms with Gasteiger partial charge in [-0.3, -0.25) is 4.90 Å². The van der Waals surface area contributed by atoms with E-state index in [4.69, 9.17) is 4.74 Å². The SMILES string of the molecule is C=CCOc1ccc(CN2CCCCC2)cc1. The monoisotopic (exact) mass is 231 g/mol. The van der Waals surface area contributed by atoms with Gasteiger partial charge in [0.15, 0.2) is 0 Å². The molecule has 1 saturated heterocycles. The summed E-state index contributed by atoms with van der Waals surface area (Å²) in [4.78, 5) is 2.53. The molecule has 17 heavy (non-hydrogen) atoms. The fraction of sp³-hybridized carbons (Fsp3) is 0.467. The van der Waals surface area contributed by atoms with E-state index in [1.165, 1.54) is 37.9 Å². The van der Waals surface area contributed by atoms with Crippen molar-refractivity contribution in [3.05, 3.63) is 42.5 Å². The van der Waals surface area contributed by atoms with Gasteiger partial charge in [-0.15, -0.1) is 0 Å². The molecule has 1 heterocycles. The second kappa shape index (κ2) is 6.45. The molecule has 0 bridgehead atoms. The van der Waals surface area contributed by atoms with Crippen LogP contribution in [-0.4, -0.2) is 24.6 Å². The van der Waals surface area contributed by atoms with Crippen molar-refractivity contribution in [2.45, 2.75) is 25.8 Å². The lowest BCUT2D eigenvalue weighted by atomic mass is 10.1. The molecule has 0 aromatic heterocycles. The smallest absolute Gasteiger partial charge is 0.119 e. The van der Waals surface area contributed by atoms with Gasteiger partial charge in [-0.1, -0.05) is 31.2 Å². The van der Waals surface area contributed by atoms with Crippen LogP contribution in [0.3, 0.4) is 0 Å². The predicted octanol–water partition coefficient (Wildman–Crippen LogP) is 3.24. The predicted molar refractivity (Wildman–Crippen MR) is 71.3 cm³/mol. The van der Waals surface area contributed by atoms with Crippen LogP contribution in [0.25, 0.3) is 0 Å². The molecule has 1 aliphatic heterocycles. The van der Waals surface area contributed by atoms with Crippen LogP contribution in [0.2, 0.25) is 0 Å². The highest BCUT2D eigenvalue weighted by atomic mass is 16.5. The van der Waals surface area contributed by atoms with E-state index in [2.05, 4.69) is 23.6 Å². The molecule has 0 radical (unpaired) electrons. The summed E-state index contributed by atoms with van der Waals surface area (Å²) in [6.45, 7) is 7.77. The molecule has 1 fully saturated rings. The number of benzene rings is 1. The first-order chi connectivity index (χ1) is 8.38. The lowest BCUT2D eigenvalue weighted by Gasteiger charge is -2.26. The van der Waals surface area contributed by atoms with Crippen molar-refractivity contribution in [3.8, 4) is 5.75 Å². The molecule has 0 unspecified atom stereocenters. The lowest BCUT2D eigenvalue weighted by Crippen LogP contribution is -2.28. The maximum atomic E-state index is 5.47. The standard InChI is InChI=1S/C15H21NO/c1-2-12-17-15-8-6-14(7-9-15)13-16-10-4-3-5-11-16/h2,6-9H,1,3-5,10-13H2. The molecule has 0 amide bonds. The summed E-state index contributed by atoms with van der Waals surface area (Å²) < 4.78 is 5.47. The zero-order chi connectivity index (χ0) is 11.9. The molecule has 0 aliphatic carbocycles. The highest BCUT2D eigenvalue weighted by Crippen LogP contribution is 2.16. The number of hydrogen-bond acceptors (Lipinski definition) is 2. The number of nitrogens with zero attached hydrogens (tertiary/aromatic N) is 1. The molecule has 92 valence electrons. The van der Waals surface area contributed by atoms with Gasteiger partial charge in [0.2, 0.25) is 0 Å². The molecule has 2 nitrogen and oxygen atoms in total. The van der Waals surface area contributed by atoms with E-state index in [0.717, 1.165) is 12.3 Å². The lowest BCUT2D eigenvalue weighted by molar-refractivity contribution is 0.221. The number of ether oxygens (including phenoxy) is 1. The first-order valence-corrected chi connectivity index (χ1v) is 6.43. The molecule has 0 spiro atoms. The van der Waals surface area contributed by atoms with E-state index < -0.39 is 0 Å². The van der Waals surface area contributed by atoms with Crippen LogP contribution in [0.1, 0.15) is 24.8 Å². The Morgan fingerprint density at radius 3 is 2.47 bits per heavy atom. The number of rotatable bonds is 5. The van der Waals surface area contributed by atoms with Crippen molar-refractivity contribution in [1.29, 1.82) is 0 Å². The molecule has 1 aromatic carbocycles. The van der Waals surface area contributed by atoms with Crippen LogP contribution in [0.15, 0.2) is 36.9 Å². The molecule has 0 atom stereocenters. The number of hydrogen-bond donors (Lipinski definition) is 0. The highest BCUT2D eigenvalue weighted by molar-refractivity contribution is 5.27.